The van der Waals surface area contributed by atoms with Crippen LogP contribution >= 0.6 is 11.3 Å². The topological polar surface area (TPSA) is 74.5 Å². The first kappa shape index (κ1) is 21.7. The molecule has 7 heteroatoms. The second-order valence-corrected chi connectivity index (χ2v) is 9.61. The predicted molar refractivity (Wildman–Crippen MR) is 129 cm³/mol. The number of nitrogens with two attached hydrogens (primary N) is 1. The van der Waals surface area contributed by atoms with Gasteiger partial charge in [-0.3, -0.25) is 9.69 Å². The van der Waals surface area contributed by atoms with Gasteiger partial charge < -0.3 is 16.0 Å². The van der Waals surface area contributed by atoms with E-state index >= 15 is 0 Å². The van der Waals surface area contributed by atoms with Crippen LogP contribution < -0.4 is 11.1 Å². The number of allylic oxidation sites excluding steroid dienone is 1. The summed E-state index contributed by atoms with van der Waals surface area (Å²) in [5.74, 6) is 0.196. The number of benzene rings is 1. The minimum Gasteiger partial charge on any atom is -0.382 e. The molecule has 31 heavy (non-hydrogen) atoms. The standard InChI is InChI=1S/C24H31N5OS/c1-16-5-4-6-17(15-16)21(30)22-23(25)27-24(31-22)26-18-7-9-20(10-8-18)29-13-11-19(12-14-29)28(2)3/h4-9,15,19-20H,10-14,25H2,1-3H3,(H,26,27). The lowest BCUT2D eigenvalue weighted by atomic mass is 9.99. The number of likely N-dealkylation sites (tertiary alicyclic amines) is 1. The maximum atomic E-state index is 12.8. The van der Waals surface area contributed by atoms with Crippen LogP contribution in [0, 0.1) is 6.92 Å². The van der Waals surface area contributed by atoms with Crippen molar-refractivity contribution < 1.29 is 4.79 Å². The molecule has 0 spiro atoms. The molecule has 1 unspecified atom stereocenters. The first-order valence-corrected chi connectivity index (χ1v) is 11.7. The molecule has 1 aliphatic heterocycles. The fourth-order valence-corrected chi connectivity index (χ4v) is 5.16. The average Bonchev–Trinajstić information content (AvgIpc) is 3.13. The molecular weight excluding hydrogens is 406 g/mol. The van der Waals surface area contributed by atoms with Crippen molar-refractivity contribution in [3.05, 3.63) is 64.2 Å². The monoisotopic (exact) mass is 437 g/mol. The summed E-state index contributed by atoms with van der Waals surface area (Å²) in [6.07, 6.45) is 10.0. The first-order valence-electron chi connectivity index (χ1n) is 10.8. The van der Waals surface area contributed by atoms with E-state index in [0.717, 1.165) is 30.8 Å². The second-order valence-electron chi connectivity index (χ2n) is 8.61. The summed E-state index contributed by atoms with van der Waals surface area (Å²) in [7, 11) is 4.35. The fraction of sp³-hybridized carbons (Fsp3) is 0.417. The summed E-state index contributed by atoms with van der Waals surface area (Å²) in [6, 6.07) is 8.70. The van der Waals surface area contributed by atoms with E-state index in [4.69, 9.17) is 5.73 Å². The molecule has 0 saturated carbocycles. The molecule has 1 fully saturated rings. The van der Waals surface area contributed by atoms with Gasteiger partial charge in [-0.15, -0.1) is 0 Å². The van der Waals surface area contributed by atoms with Crippen LogP contribution in [0.4, 0.5) is 10.9 Å². The lowest BCUT2D eigenvalue weighted by Crippen LogP contribution is -2.45. The summed E-state index contributed by atoms with van der Waals surface area (Å²) in [6.45, 7) is 4.25. The molecule has 1 atom stereocenters. The Labute approximate surface area is 188 Å². The molecule has 6 nitrogen and oxygen atoms in total. The highest BCUT2D eigenvalue weighted by Gasteiger charge is 2.25. The summed E-state index contributed by atoms with van der Waals surface area (Å²) < 4.78 is 0. The van der Waals surface area contributed by atoms with Crippen molar-refractivity contribution in [2.24, 2.45) is 0 Å². The lowest BCUT2D eigenvalue weighted by molar-refractivity contribution is 0.104. The van der Waals surface area contributed by atoms with Crippen molar-refractivity contribution in [2.75, 3.05) is 38.2 Å². The third-order valence-electron chi connectivity index (χ3n) is 6.17. The number of thiazole rings is 1. The van der Waals surface area contributed by atoms with Gasteiger partial charge in [0.2, 0.25) is 5.78 Å². The van der Waals surface area contributed by atoms with Crippen LogP contribution in [-0.4, -0.2) is 59.8 Å². The zero-order chi connectivity index (χ0) is 22.0. The number of piperidine rings is 1. The summed E-state index contributed by atoms with van der Waals surface area (Å²) >= 11 is 1.31. The van der Waals surface area contributed by atoms with Gasteiger partial charge in [0.25, 0.3) is 0 Å². The van der Waals surface area contributed by atoms with Gasteiger partial charge in [-0.1, -0.05) is 47.3 Å². The number of hydrogen-bond acceptors (Lipinski definition) is 7. The third-order valence-corrected chi connectivity index (χ3v) is 7.15. The maximum absolute atomic E-state index is 12.8. The number of nitrogens with zero attached hydrogens (tertiary/aromatic N) is 3. The van der Waals surface area contributed by atoms with Crippen LogP contribution in [0.3, 0.4) is 0 Å². The maximum Gasteiger partial charge on any atom is 0.206 e. The van der Waals surface area contributed by atoms with Crippen molar-refractivity contribution in [2.45, 2.75) is 38.3 Å². The van der Waals surface area contributed by atoms with Crippen molar-refractivity contribution in [1.82, 2.24) is 14.8 Å². The zero-order valence-corrected chi connectivity index (χ0v) is 19.3. The summed E-state index contributed by atoms with van der Waals surface area (Å²) in [5.41, 5.74) is 8.75. The highest BCUT2D eigenvalue weighted by Crippen LogP contribution is 2.30. The normalized spacial score (nSPS) is 20.1. The molecule has 1 aliphatic carbocycles. The van der Waals surface area contributed by atoms with E-state index in [0.29, 0.717) is 27.7 Å². The molecule has 2 aliphatic rings. The summed E-state index contributed by atoms with van der Waals surface area (Å²) in [5, 5.41) is 3.98. The minimum absolute atomic E-state index is 0.0823. The number of nitrogen functional groups attached to an aromatic ring is 1. The lowest BCUT2D eigenvalue weighted by Gasteiger charge is -2.39. The second kappa shape index (κ2) is 9.34. The quantitative estimate of drug-likeness (QED) is 0.668. The third kappa shape index (κ3) is 5.06. The molecule has 1 aromatic carbocycles. The molecule has 0 radical (unpaired) electrons. The van der Waals surface area contributed by atoms with Crippen LogP contribution in [-0.2, 0) is 0 Å². The number of carbonyl (C=O) groups excluding carboxylic acids is 1. The molecule has 0 bridgehead atoms. The van der Waals surface area contributed by atoms with Crippen LogP contribution in [0.2, 0.25) is 0 Å². The predicted octanol–water partition coefficient (Wildman–Crippen LogP) is 3.92. The Kier molecular flexibility index (Phi) is 6.55. The Balaban J connectivity index is 1.36. The molecule has 164 valence electrons. The Morgan fingerprint density at radius 1 is 1.29 bits per heavy atom. The molecule has 1 aromatic heterocycles. The van der Waals surface area contributed by atoms with Crippen molar-refractivity contribution in [3.63, 3.8) is 0 Å². The number of carbonyl (C=O) groups is 1. The van der Waals surface area contributed by atoms with Gasteiger partial charge in [0.05, 0.1) is 0 Å². The largest absolute Gasteiger partial charge is 0.382 e. The minimum atomic E-state index is -0.0823. The number of rotatable bonds is 6. The van der Waals surface area contributed by atoms with Gasteiger partial charge in [-0.2, -0.15) is 0 Å². The first-order chi connectivity index (χ1) is 14.9. The number of ketones is 1. The van der Waals surface area contributed by atoms with E-state index in [1.54, 1.807) is 0 Å². The number of aromatic nitrogens is 1. The van der Waals surface area contributed by atoms with Crippen molar-refractivity contribution >= 4 is 28.1 Å². The van der Waals surface area contributed by atoms with Gasteiger partial charge in [0, 0.05) is 36.4 Å². The molecule has 1 saturated heterocycles. The van der Waals surface area contributed by atoms with Gasteiger partial charge >= 0.3 is 0 Å². The van der Waals surface area contributed by atoms with Crippen LogP contribution in [0.15, 0.2) is 48.2 Å². The highest BCUT2D eigenvalue weighted by molar-refractivity contribution is 7.18. The Bertz CT molecular complexity index is 1000. The van der Waals surface area contributed by atoms with Crippen LogP contribution in [0.25, 0.3) is 0 Å². The van der Waals surface area contributed by atoms with E-state index in [2.05, 4.69) is 52.4 Å². The number of nitrogens with one attached hydrogen (secondary N) is 1. The Hall–Kier alpha value is -2.48. The smallest absolute Gasteiger partial charge is 0.206 e. The van der Waals surface area contributed by atoms with Crippen LogP contribution in [0.5, 0.6) is 0 Å². The van der Waals surface area contributed by atoms with Gasteiger partial charge in [0.15, 0.2) is 5.13 Å². The number of anilines is 2. The molecule has 4 rings (SSSR count). The molecule has 0 amide bonds. The fourth-order valence-electron chi connectivity index (χ4n) is 4.30. The van der Waals surface area contributed by atoms with E-state index in [1.807, 2.05) is 31.2 Å². The zero-order valence-electron chi connectivity index (χ0n) is 18.5. The Morgan fingerprint density at radius 2 is 2.06 bits per heavy atom. The number of aryl methyl sites for hydroxylation is 1. The van der Waals surface area contributed by atoms with Crippen LogP contribution in [0.1, 0.15) is 40.1 Å². The molecule has 2 aromatic rings. The molecule has 2 heterocycles. The van der Waals surface area contributed by atoms with E-state index < -0.39 is 0 Å². The van der Waals surface area contributed by atoms with Crippen molar-refractivity contribution in [1.29, 1.82) is 0 Å². The number of hydrogen-bond donors (Lipinski definition) is 2. The van der Waals surface area contributed by atoms with Gasteiger partial charge in [-0.05, 0) is 52.4 Å². The van der Waals surface area contributed by atoms with E-state index in [-0.39, 0.29) is 11.6 Å². The van der Waals surface area contributed by atoms with Crippen molar-refractivity contribution in [3.8, 4) is 0 Å². The SMILES string of the molecule is Cc1cccc(C(=O)c2sc(NC3=CCC(N4CCC(N(C)C)CC4)C=C3)nc2N)c1. The Morgan fingerprint density at radius 3 is 2.71 bits per heavy atom. The van der Waals surface area contributed by atoms with Gasteiger partial charge in [-0.25, -0.2) is 4.98 Å². The highest BCUT2D eigenvalue weighted by atomic mass is 32.1. The van der Waals surface area contributed by atoms with E-state index in [9.17, 15) is 4.79 Å². The van der Waals surface area contributed by atoms with E-state index in [1.165, 1.54) is 24.2 Å². The molecule has 3 N–H and O–H groups in total. The molecular formula is C24H31N5OS. The average molecular weight is 438 g/mol. The van der Waals surface area contributed by atoms with Gasteiger partial charge in [0.1, 0.15) is 10.7 Å². The summed E-state index contributed by atoms with van der Waals surface area (Å²) in [4.78, 5) is 22.6.